The minimum absolute atomic E-state index is 0.0281. The Balaban J connectivity index is 2.43. The summed E-state index contributed by atoms with van der Waals surface area (Å²) in [6, 6.07) is 3.05. The van der Waals surface area contributed by atoms with Crippen LogP contribution in [0.3, 0.4) is 0 Å². The highest BCUT2D eigenvalue weighted by Gasteiger charge is 2.29. The molecule has 0 bridgehead atoms. The molecule has 0 aromatic carbocycles. The average molecular weight is 314 g/mol. The zero-order chi connectivity index (χ0) is 16.3. The van der Waals surface area contributed by atoms with Gasteiger partial charge in [0, 0.05) is 18.1 Å². The van der Waals surface area contributed by atoms with E-state index >= 15 is 0 Å². The number of halogens is 3. The molecule has 2 aromatic rings. The fraction of sp³-hybridized carbons (Fsp3) is 0.308. The molecule has 22 heavy (non-hydrogen) atoms. The molecule has 0 saturated heterocycles. The van der Waals surface area contributed by atoms with Crippen LogP contribution < -0.4 is 4.74 Å². The standard InChI is InChI=1S/C13H13F3N4O2/c1-8-3-4-10(12(18-8)22-7-13(14,15)16)11(19-21)20-6-5-17-9(20)2/h3-6,21H,7H2,1-2H3/b19-11-. The quantitative estimate of drug-likeness (QED) is 0.409. The van der Waals surface area contributed by atoms with Crippen molar-refractivity contribution in [3.05, 3.63) is 41.6 Å². The van der Waals surface area contributed by atoms with Gasteiger partial charge in [0.05, 0.1) is 5.56 Å². The predicted molar refractivity (Wildman–Crippen MR) is 71.2 cm³/mol. The second-order valence-corrected chi connectivity index (χ2v) is 4.48. The number of hydrogen-bond donors (Lipinski definition) is 1. The first kappa shape index (κ1) is 15.8. The van der Waals surface area contributed by atoms with Crippen molar-refractivity contribution in [2.45, 2.75) is 20.0 Å². The van der Waals surface area contributed by atoms with Crippen LogP contribution in [-0.4, -0.2) is 38.4 Å². The molecule has 0 unspecified atom stereocenters. The van der Waals surface area contributed by atoms with Gasteiger partial charge < -0.3 is 9.94 Å². The lowest BCUT2D eigenvalue weighted by Gasteiger charge is -2.14. The fourth-order valence-corrected chi connectivity index (χ4v) is 1.80. The van der Waals surface area contributed by atoms with Gasteiger partial charge in [0.2, 0.25) is 5.88 Å². The lowest BCUT2D eigenvalue weighted by molar-refractivity contribution is -0.154. The van der Waals surface area contributed by atoms with Crippen LogP contribution in [0.15, 0.2) is 29.7 Å². The van der Waals surface area contributed by atoms with Crippen molar-refractivity contribution in [3.63, 3.8) is 0 Å². The normalized spacial score (nSPS) is 12.5. The first-order chi connectivity index (χ1) is 10.3. The van der Waals surface area contributed by atoms with Crippen molar-refractivity contribution in [1.29, 1.82) is 0 Å². The van der Waals surface area contributed by atoms with E-state index in [1.807, 2.05) is 0 Å². The summed E-state index contributed by atoms with van der Waals surface area (Å²) in [7, 11) is 0. The highest BCUT2D eigenvalue weighted by molar-refractivity contribution is 6.02. The van der Waals surface area contributed by atoms with Crippen molar-refractivity contribution in [2.75, 3.05) is 6.61 Å². The van der Waals surface area contributed by atoms with E-state index in [1.165, 1.54) is 23.0 Å². The monoisotopic (exact) mass is 314 g/mol. The minimum Gasteiger partial charge on any atom is -0.467 e. The Hall–Kier alpha value is -2.58. The maximum absolute atomic E-state index is 12.3. The number of nitrogens with zero attached hydrogens (tertiary/aromatic N) is 4. The van der Waals surface area contributed by atoms with Crippen molar-refractivity contribution in [3.8, 4) is 5.88 Å². The molecule has 6 nitrogen and oxygen atoms in total. The van der Waals surface area contributed by atoms with E-state index in [0.29, 0.717) is 11.5 Å². The number of rotatable bonds is 3. The summed E-state index contributed by atoms with van der Waals surface area (Å²) in [5, 5.41) is 12.4. The Morgan fingerprint density at radius 3 is 2.64 bits per heavy atom. The average Bonchev–Trinajstić information content (AvgIpc) is 2.85. The zero-order valence-electron chi connectivity index (χ0n) is 11.8. The third kappa shape index (κ3) is 3.54. The molecule has 0 aliphatic rings. The summed E-state index contributed by atoms with van der Waals surface area (Å²) in [4.78, 5) is 7.91. The van der Waals surface area contributed by atoms with E-state index in [4.69, 9.17) is 4.74 Å². The van der Waals surface area contributed by atoms with Gasteiger partial charge in [-0.3, -0.25) is 4.57 Å². The van der Waals surface area contributed by atoms with Gasteiger partial charge in [0.25, 0.3) is 0 Å². The molecule has 0 spiro atoms. The number of hydrogen-bond acceptors (Lipinski definition) is 5. The van der Waals surface area contributed by atoms with E-state index in [2.05, 4.69) is 15.1 Å². The Morgan fingerprint density at radius 2 is 2.09 bits per heavy atom. The molecule has 0 aliphatic heterocycles. The molecule has 2 aromatic heterocycles. The number of pyridine rings is 1. The van der Waals surface area contributed by atoms with Crippen molar-refractivity contribution >= 4 is 5.84 Å². The lowest BCUT2D eigenvalue weighted by Crippen LogP contribution is -2.22. The Morgan fingerprint density at radius 1 is 1.36 bits per heavy atom. The number of aryl methyl sites for hydroxylation is 2. The van der Waals surface area contributed by atoms with E-state index < -0.39 is 12.8 Å². The van der Waals surface area contributed by atoms with E-state index in [9.17, 15) is 18.4 Å². The minimum atomic E-state index is -4.50. The second kappa shape index (κ2) is 6.04. The molecular formula is C13H13F3N4O2. The van der Waals surface area contributed by atoms with Gasteiger partial charge in [-0.1, -0.05) is 5.16 Å². The Labute approximate surface area is 123 Å². The highest BCUT2D eigenvalue weighted by atomic mass is 19.4. The first-order valence-corrected chi connectivity index (χ1v) is 6.22. The topological polar surface area (TPSA) is 72.5 Å². The van der Waals surface area contributed by atoms with Crippen LogP contribution in [0.4, 0.5) is 13.2 Å². The van der Waals surface area contributed by atoms with Gasteiger partial charge >= 0.3 is 6.18 Å². The molecule has 118 valence electrons. The smallest absolute Gasteiger partial charge is 0.422 e. The van der Waals surface area contributed by atoms with Gasteiger partial charge in [-0.05, 0) is 26.0 Å². The number of aromatic nitrogens is 3. The Kier molecular flexibility index (Phi) is 4.34. The summed E-state index contributed by atoms with van der Waals surface area (Å²) < 4.78 is 43.2. The molecule has 0 fully saturated rings. The lowest BCUT2D eigenvalue weighted by atomic mass is 10.2. The van der Waals surface area contributed by atoms with E-state index in [-0.39, 0.29) is 17.3 Å². The maximum Gasteiger partial charge on any atom is 0.422 e. The maximum atomic E-state index is 12.3. The predicted octanol–water partition coefficient (Wildman–Crippen LogP) is 2.52. The van der Waals surface area contributed by atoms with E-state index in [0.717, 1.165) is 0 Å². The molecule has 2 heterocycles. The third-order valence-corrected chi connectivity index (χ3v) is 2.76. The summed E-state index contributed by atoms with van der Waals surface area (Å²) in [5.41, 5.74) is 0.596. The third-order valence-electron chi connectivity index (χ3n) is 2.76. The molecule has 2 rings (SSSR count). The van der Waals surface area contributed by atoms with Crippen molar-refractivity contribution in [2.24, 2.45) is 5.16 Å². The van der Waals surface area contributed by atoms with Crippen molar-refractivity contribution in [1.82, 2.24) is 14.5 Å². The molecule has 1 N–H and O–H groups in total. The summed E-state index contributed by atoms with van der Waals surface area (Å²) in [6.07, 6.45) is -1.51. The highest BCUT2D eigenvalue weighted by Crippen LogP contribution is 2.22. The molecule has 0 radical (unpaired) electrons. The number of oxime groups is 1. The molecule has 0 aliphatic carbocycles. The summed E-state index contributed by atoms with van der Waals surface area (Å²) in [5.74, 6) is 0.202. The van der Waals surface area contributed by atoms with Crippen LogP contribution in [0.25, 0.3) is 0 Å². The van der Waals surface area contributed by atoms with Crippen LogP contribution in [0, 0.1) is 13.8 Å². The van der Waals surface area contributed by atoms with Gasteiger partial charge in [0.15, 0.2) is 12.4 Å². The summed E-state index contributed by atoms with van der Waals surface area (Å²) >= 11 is 0. The molecule has 0 saturated carbocycles. The number of imidazole rings is 1. The van der Waals surface area contributed by atoms with E-state index in [1.54, 1.807) is 19.9 Å². The molecular weight excluding hydrogens is 301 g/mol. The Bertz CT molecular complexity index is 695. The SMILES string of the molecule is Cc1ccc(/C(=N/O)n2ccnc2C)c(OCC(F)(F)F)n1. The second-order valence-electron chi connectivity index (χ2n) is 4.48. The van der Waals surface area contributed by atoms with Crippen LogP contribution in [-0.2, 0) is 0 Å². The van der Waals surface area contributed by atoms with Crippen LogP contribution in [0.2, 0.25) is 0 Å². The molecule has 0 amide bonds. The summed E-state index contributed by atoms with van der Waals surface area (Å²) in [6.45, 7) is 1.78. The largest absolute Gasteiger partial charge is 0.467 e. The van der Waals surface area contributed by atoms with Gasteiger partial charge in [-0.25, -0.2) is 9.97 Å². The molecule has 9 heteroatoms. The van der Waals surface area contributed by atoms with Gasteiger partial charge in [0.1, 0.15) is 5.82 Å². The van der Waals surface area contributed by atoms with Crippen LogP contribution in [0.5, 0.6) is 5.88 Å². The fourth-order valence-electron chi connectivity index (χ4n) is 1.80. The first-order valence-electron chi connectivity index (χ1n) is 6.22. The van der Waals surface area contributed by atoms with Gasteiger partial charge in [-0.2, -0.15) is 13.2 Å². The zero-order valence-corrected chi connectivity index (χ0v) is 11.8. The van der Waals surface area contributed by atoms with Crippen molar-refractivity contribution < 1.29 is 23.1 Å². The van der Waals surface area contributed by atoms with Crippen LogP contribution in [0.1, 0.15) is 17.1 Å². The number of ether oxygens (including phenoxy) is 1. The number of alkyl halides is 3. The van der Waals surface area contributed by atoms with Crippen LogP contribution >= 0.6 is 0 Å². The molecule has 0 atom stereocenters. The van der Waals surface area contributed by atoms with Gasteiger partial charge in [-0.15, -0.1) is 0 Å².